The van der Waals surface area contributed by atoms with Gasteiger partial charge in [0.2, 0.25) is 0 Å². The lowest BCUT2D eigenvalue weighted by molar-refractivity contribution is 0.321. The number of pyridine rings is 1. The molecule has 0 saturated heterocycles. The minimum absolute atomic E-state index is 0.0237. The Labute approximate surface area is 76.8 Å². The number of rotatable bonds is 4. The fraction of sp³-hybridized carbons (Fsp3) is 0.286. The lowest BCUT2D eigenvalue weighted by Gasteiger charge is -1.99. The van der Waals surface area contributed by atoms with E-state index in [4.69, 9.17) is 0 Å². The van der Waals surface area contributed by atoms with Crippen LogP contribution < -0.4 is 5.14 Å². The van der Waals surface area contributed by atoms with Gasteiger partial charge < -0.3 is 0 Å². The number of hydrogen-bond donors (Lipinski definition) is 1. The summed E-state index contributed by atoms with van der Waals surface area (Å²) in [6, 6.07) is 5.38. The van der Waals surface area contributed by atoms with E-state index in [1.165, 1.54) is 0 Å². The smallest absolute Gasteiger partial charge is 0.261 e. The molecule has 1 aromatic heterocycles. The van der Waals surface area contributed by atoms with Gasteiger partial charge in [-0.1, -0.05) is 6.07 Å². The van der Waals surface area contributed by atoms with E-state index in [0.29, 0.717) is 6.42 Å². The van der Waals surface area contributed by atoms with Crippen molar-refractivity contribution in [3.8, 4) is 0 Å². The monoisotopic (exact) mass is 202 g/mol. The molecule has 1 aromatic rings. The largest absolute Gasteiger partial charge is 0.333 e. The van der Waals surface area contributed by atoms with Gasteiger partial charge >= 0.3 is 10.3 Å². The van der Waals surface area contributed by atoms with E-state index in [0.717, 1.165) is 5.69 Å². The summed E-state index contributed by atoms with van der Waals surface area (Å²) in [5, 5.41) is 4.63. The Hall–Kier alpha value is -0.980. The Bertz CT molecular complexity index is 349. The topological polar surface area (TPSA) is 82.3 Å². The molecule has 1 rings (SSSR count). The molecule has 0 saturated carbocycles. The van der Waals surface area contributed by atoms with E-state index >= 15 is 0 Å². The molecule has 2 N–H and O–H groups in total. The molecule has 0 unspecified atom stereocenters. The zero-order valence-corrected chi connectivity index (χ0v) is 7.70. The minimum Gasteiger partial charge on any atom is -0.261 e. The SMILES string of the molecule is NS(=O)(=O)OCCc1ccccn1. The van der Waals surface area contributed by atoms with Crippen LogP contribution >= 0.6 is 0 Å². The molecule has 72 valence electrons. The zero-order valence-electron chi connectivity index (χ0n) is 6.88. The maximum absolute atomic E-state index is 10.4. The molecule has 6 heteroatoms. The van der Waals surface area contributed by atoms with Gasteiger partial charge in [0, 0.05) is 18.3 Å². The predicted octanol–water partition coefficient (Wildman–Crippen LogP) is -0.156. The number of nitrogens with zero attached hydrogens (tertiary/aromatic N) is 1. The van der Waals surface area contributed by atoms with Crippen LogP contribution in [0.15, 0.2) is 24.4 Å². The summed E-state index contributed by atoms with van der Waals surface area (Å²) in [6.45, 7) is 0.0237. The van der Waals surface area contributed by atoms with Gasteiger partial charge in [-0.25, -0.2) is 5.14 Å². The van der Waals surface area contributed by atoms with E-state index < -0.39 is 10.3 Å². The van der Waals surface area contributed by atoms with E-state index in [-0.39, 0.29) is 6.61 Å². The summed E-state index contributed by atoms with van der Waals surface area (Å²) in [5.74, 6) is 0. The summed E-state index contributed by atoms with van der Waals surface area (Å²) in [4.78, 5) is 3.98. The van der Waals surface area contributed by atoms with Crippen molar-refractivity contribution in [2.75, 3.05) is 6.61 Å². The van der Waals surface area contributed by atoms with Crippen molar-refractivity contribution in [1.29, 1.82) is 0 Å². The molecule has 0 fully saturated rings. The first-order valence-electron chi connectivity index (χ1n) is 3.65. The molecule has 5 nitrogen and oxygen atoms in total. The highest BCUT2D eigenvalue weighted by Gasteiger charge is 2.01. The van der Waals surface area contributed by atoms with Crippen molar-refractivity contribution in [1.82, 2.24) is 4.98 Å². The van der Waals surface area contributed by atoms with Crippen LogP contribution in [0.4, 0.5) is 0 Å². The van der Waals surface area contributed by atoms with Crippen molar-refractivity contribution < 1.29 is 12.6 Å². The normalized spacial score (nSPS) is 11.5. The molecule has 0 amide bonds. The summed E-state index contributed by atoms with van der Waals surface area (Å²) in [7, 11) is -3.82. The standard InChI is InChI=1S/C7H10N2O3S/c8-13(10,11)12-6-4-7-3-1-2-5-9-7/h1-3,5H,4,6H2,(H2,8,10,11). The van der Waals surface area contributed by atoms with Crippen molar-refractivity contribution in [3.05, 3.63) is 30.1 Å². The molecular formula is C7H10N2O3S. The van der Waals surface area contributed by atoms with Crippen LogP contribution in [0, 0.1) is 0 Å². The second kappa shape index (κ2) is 4.31. The second-order valence-electron chi connectivity index (χ2n) is 2.39. The lowest BCUT2D eigenvalue weighted by Crippen LogP contribution is -2.17. The van der Waals surface area contributed by atoms with Crippen molar-refractivity contribution in [2.24, 2.45) is 5.14 Å². The van der Waals surface area contributed by atoms with Crippen LogP contribution in [0.25, 0.3) is 0 Å². The fourth-order valence-electron chi connectivity index (χ4n) is 0.808. The van der Waals surface area contributed by atoms with Crippen LogP contribution in [-0.2, 0) is 20.9 Å². The van der Waals surface area contributed by atoms with Gasteiger partial charge in [0.25, 0.3) is 0 Å². The van der Waals surface area contributed by atoms with Gasteiger partial charge in [-0.3, -0.25) is 9.17 Å². The molecule has 0 aliphatic heterocycles. The molecule has 0 aliphatic rings. The van der Waals surface area contributed by atoms with Gasteiger partial charge in [-0.15, -0.1) is 0 Å². The maximum atomic E-state index is 10.4. The van der Waals surface area contributed by atoms with Crippen molar-refractivity contribution in [2.45, 2.75) is 6.42 Å². The Kier molecular flexibility index (Phi) is 3.35. The molecule has 13 heavy (non-hydrogen) atoms. The Morgan fingerprint density at radius 2 is 2.23 bits per heavy atom. The third-order valence-electron chi connectivity index (χ3n) is 1.33. The van der Waals surface area contributed by atoms with E-state index in [1.54, 1.807) is 18.3 Å². The van der Waals surface area contributed by atoms with Crippen LogP contribution in [-0.4, -0.2) is 20.0 Å². The highest BCUT2D eigenvalue weighted by molar-refractivity contribution is 7.84. The first-order valence-corrected chi connectivity index (χ1v) is 5.12. The Morgan fingerprint density at radius 1 is 1.46 bits per heavy atom. The second-order valence-corrected chi connectivity index (χ2v) is 3.61. The molecule has 0 aromatic carbocycles. The summed E-state index contributed by atoms with van der Waals surface area (Å²) in [5.41, 5.74) is 0.770. The fourth-order valence-corrected chi connectivity index (χ4v) is 1.12. The molecule has 0 radical (unpaired) electrons. The van der Waals surface area contributed by atoms with Gasteiger partial charge in [0.1, 0.15) is 0 Å². The molecule has 0 atom stereocenters. The average Bonchev–Trinajstić information content (AvgIpc) is 2.04. The average molecular weight is 202 g/mol. The highest BCUT2D eigenvalue weighted by Crippen LogP contribution is 1.95. The van der Waals surface area contributed by atoms with Gasteiger partial charge in [0.05, 0.1) is 6.61 Å². The van der Waals surface area contributed by atoms with E-state index in [9.17, 15) is 8.42 Å². The van der Waals surface area contributed by atoms with Gasteiger partial charge in [-0.05, 0) is 12.1 Å². The number of nitrogens with two attached hydrogens (primary N) is 1. The molecular weight excluding hydrogens is 192 g/mol. The molecule has 0 spiro atoms. The van der Waals surface area contributed by atoms with Crippen LogP contribution in [0.3, 0.4) is 0 Å². The number of aromatic nitrogens is 1. The van der Waals surface area contributed by atoms with E-state index in [2.05, 4.69) is 14.3 Å². The van der Waals surface area contributed by atoms with Crippen LogP contribution in [0.1, 0.15) is 5.69 Å². The Morgan fingerprint density at radius 3 is 2.77 bits per heavy atom. The Balaban J connectivity index is 2.37. The van der Waals surface area contributed by atoms with Crippen LogP contribution in [0.2, 0.25) is 0 Å². The first kappa shape index (κ1) is 10.1. The highest BCUT2D eigenvalue weighted by atomic mass is 32.2. The van der Waals surface area contributed by atoms with Crippen molar-refractivity contribution >= 4 is 10.3 Å². The zero-order chi connectivity index (χ0) is 9.73. The molecule has 1 heterocycles. The maximum Gasteiger partial charge on any atom is 0.333 e. The summed E-state index contributed by atoms with van der Waals surface area (Å²) < 4.78 is 25.1. The third kappa shape index (κ3) is 4.56. The van der Waals surface area contributed by atoms with Gasteiger partial charge in [-0.2, -0.15) is 8.42 Å². The van der Waals surface area contributed by atoms with E-state index in [1.807, 2.05) is 6.07 Å². The quantitative estimate of drug-likeness (QED) is 0.735. The van der Waals surface area contributed by atoms with Crippen molar-refractivity contribution in [3.63, 3.8) is 0 Å². The minimum atomic E-state index is -3.82. The summed E-state index contributed by atoms with van der Waals surface area (Å²) >= 11 is 0. The van der Waals surface area contributed by atoms with Crippen LogP contribution in [0.5, 0.6) is 0 Å². The number of hydrogen-bond acceptors (Lipinski definition) is 4. The predicted molar refractivity (Wildman–Crippen MR) is 47.0 cm³/mol. The summed E-state index contributed by atoms with van der Waals surface area (Å²) in [6.07, 6.45) is 2.06. The molecule has 0 bridgehead atoms. The lowest BCUT2D eigenvalue weighted by atomic mass is 10.3. The van der Waals surface area contributed by atoms with Gasteiger partial charge in [0.15, 0.2) is 0 Å². The first-order chi connectivity index (χ1) is 6.08. The molecule has 0 aliphatic carbocycles. The third-order valence-corrected chi connectivity index (χ3v) is 1.83.